The maximum atomic E-state index is 12.9. The molecule has 0 radical (unpaired) electrons. The number of carbonyl (C=O) groups is 1. The van der Waals surface area contributed by atoms with Crippen molar-refractivity contribution >= 4 is 27.3 Å². The summed E-state index contributed by atoms with van der Waals surface area (Å²) in [4.78, 5) is 23.5. The fourth-order valence-electron chi connectivity index (χ4n) is 3.18. The van der Waals surface area contributed by atoms with E-state index in [2.05, 4.69) is 5.32 Å². The van der Waals surface area contributed by atoms with Crippen LogP contribution < -0.4 is 9.62 Å². The van der Waals surface area contributed by atoms with Crippen LogP contribution in [-0.2, 0) is 14.8 Å². The highest BCUT2D eigenvalue weighted by molar-refractivity contribution is 7.92. The molecule has 0 bridgehead atoms. The van der Waals surface area contributed by atoms with Crippen LogP contribution in [0, 0.1) is 30.9 Å². The Morgan fingerprint density at radius 1 is 1.03 bits per heavy atom. The van der Waals surface area contributed by atoms with E-state index in [4.69, 9.17) is 0 Å². The van der Waals surface area contributed by atoms with Crippen LogP contribution in [0.5, 0.6) is 0 Å². The van der Waals surface area contributed by atoms with Crippen LogP contribution in [0.2, 0.25) is 0 Å². The van der Waals surface area contributed by atoms with Crippen LogP contribution >= 0.6 is 0 Å². The summed E-state index contributed by atoms with van der Waals surface area (Å²) in [5.41, 5.74) is 3.49. The predicted molar refractivity (Wildman–Crippen MR) is 117 cm³/mol. The van der Waals surface area contributed by atoms with E-state index in [0.29, 0.717) is 5.56 Å². The summed E-state index contributed by atoms with van der Waals surface area (Å²) in [7, 11) is -3.89. The van der Waals surface area contributed by atoms with E-state index in [1.165, 1.54) is 25.1 Å². The zero-order chi connectivity index (χ0) is 22.8. The summed E-state index contributed by atoms with van der Waals surface area (Å²) in [6.07, 6.45) is 0.974. The van der Waals surface area contributed by atoms with Crippen LogP contribution in [-0.4, -0.2) is 31.5 Å². The van der Waals surface area contributed by atoms with Crippen molar-refractivity contribution in [2.75, 3.05) is 10.6 Å². The van der Waals surface area contributed by atoms with E-state index < -0.39 is 26.9 Å². The second-order valence-electron chi connectivity index (χ2n) is 7.54. The Labute approximate surface area is 177 Å². The molecule has 0 saturated heterocycles. The molecule has 2 atom stereocenters. The number of carbonyl (C=O) groups excluding carboxylic acids is 1. The number of rotatable bonds is 7. The number of benzene rings is 2. The summed E-state index contributed by atoms with van der Waals surface area (Å²) in [5.74, 6) is -0.503. The van der Waals surface area contributed by atoms with E-state index in [1.807, 2.05) is 39.0 Å². The number of nitrogens with one attached hydrogen (secondary N) is 1. The van der Waals surface area contributed by atoms with E-state index in [1.54, 1.807) is 6.92 Å². The molecule has 9 heteroatoms. The highest BCUT2D eigenvalue weighted by atomic mass is 32.2. The lowest BCUT2D eigenvalue weighted by molar-refractivity contribution is -0.384. The molecular weight excluding hydrogens is 406 g/mol. The van der Waals surface area contributed by atoms with Gasteiger partial charge in [0.15, 0.2) is 0 Å². The molecule has 0 aliphatic rings. The minimum absolute atomic E-state index is 0.105. The maximum Gasteiger partial charge on any atom is 0.271 e. The summed E-state index contributed by atoms with van der Waals surface area (Å²) >= 11 is 0. The molecule has 1 N–H and O–H groups in total. The van der Waals surface area contributed by atoms with E-state index in [0.717, 1.165) is 27.3 Å². The zero-order valence-electron chi connectivity index (χ0n) is 18.0. The van der Waals surface area contributed by atoms with Crippen molar-refractivity contribution < 1.29 is 18.1 Å². The van der Waals surface area contributed by atoms with Gasteiger partial charge in [0.1, 0.15) is 6.04 Å². The van der Waals surface area contributed by atoms with Gasteiger partial charge in [0.05, 0.1) is 22.9 Å². The summed E-state index contributed by atoms with van der Waals surface area (Å²) in [6.45, 7) is 8.89. The second kappa shape index (κ2) is 8.83. The first-order valence-corrected chi connectivity index (χ1v) is 11.3. The van der Waals surface area contributed by atoms with Gasteiger partial charge in [-0.3, -0.25) is 19.2 Å². The number of hydrogen-bond acceptors (Lipinski definition) is 5. The number of amides is 1. The molecule has 8 nitrogen and oxygen atoms in total. The Balaban J connectivity index is 2.37. The normalized spacial score (nSPS) is 13.4. The Kier molecular flexibility index (Phi) is 6.87. The minimum Gasteiger partial charge on any atom is -0.348 e. The molecule has 0 unspecified atom stereocenters. The lowest BCUT2D eigenvalue weighted by Crippen LogP contribution is -2.48. The number of anilines is 1. The predicted octanol–water partition coefficient (Wildman–Crippen LogP) is 3.55. The van der Waals surface area contributed by atoms with E-state index in [9.17, 15) is 23.3 Å². The molecule has 0 spiro atoms. The third-order valence-electron chi connectivity index (χ3n) is 5.12. The monoisotopic (exact) mass is 433 g/mol. The van der Waals surface area contributed by atoms with Crippen LogP contribution in [0.15, 0.2) is 36.4 Å². The average Bonchev–Trinajstić information content (AvgIpc) is 2.64. The van der Waals surface area contributed by atoms with Crippen molar-refractivity contribution in [3.8, 4) is 0 Å². The summed E-state index contributed by atoms with van der Waals surface area (Å²) < 4.78 is 26.0. The quantitative estimate of drug-likeness (QED) is 0.530. The molecule has 30 heavy (non-hydrogen) atoms. The Hall–Kier alpha value is -2.94. The van der Waals surface area contributed by atoms with Crippen LogP contribution in [0.4, 0.5) is 11.4 Å². The summed E-state index contributed by atoms with van der Waals surface area (Å²) in [5, 5.41) is 14.0. The topological polar surface area (TPSA) is 110 Å². The maximum absolute atomic E-state index is 12.9. The van der Waals surface area contributed by atoms with Crippen molar-refractivity contribution in [2.45, 2.75) is 46.7 Å². The number of sulfonamides is 1. The van der Waals surface area contributed by atoms with Gasteiger partial charge in [-0.05, 0) is 56.9 Å². The number of non-ortho nitro benzene ring substituents is 1. The van der Waals surface area contributed by atoms with Crippen molar-refractivity contribution in [1.29, 1.82) is 0 Å². The SMILES string of the molecule is Cc1ccc([C@H](C)NC(=O)[C@H](C)N(c2cc([N+](=O)[O-])ccc2C)S(C)(=O)=O)cc1C. The highest BCUT2D eigenvalue weighted by Crippen LogP contribution is 2.29. The third kappa shape index (κ3) is 5.15. The molecule has 0 heterocycles. The molecular formula is C21H27N3O5S. The fourth-order valence-corrected chi connectivity index (χ4v) is 4.41. The van der Waals surface area contributed by atoms with Crippen molar-refractivity contribution in [2.24, 2.45) is 0 Å². The molecule has 2 rings (SSSR count). The lowest BCUT2D eigenvalue weighted by Gasteiger charge is -2.30. The first kappa shape index (κ1) is 23.3. The van der Waals surface area contributed by atoms with E-state index >= 15 is 0 Å². The van der Waals surface area contributed by atoms with Crippen molar-refractivity contribution in [3.05, 3.63) is 68.8 Å². The van der Waals surface area contributed by atoms with Crippen molar-refractivity contribution in [3.63, 3.8) is 0 Å². The van der Waals surface area contributed by atoms with E-state index in [-0.39, 0.29) is 17.4 Å². The Bertz CT molecular complexity index is 1080. The van der Waals surface area contributed by atoms with Gasteiger partial charge in [-0.2, -0.15) is 0 Å². The standard InChI is InChI=1S/C21H27N3O5S/c1-13-7-9-18(11-15(13)3)16(4)22-21(25)17(5)23(30(6,28)29)20-12-19(24(26)27)10-8-14(20)2/h7-12,16-17H,1-6H3,(H,22,25)/t16-,17-/m0/s1. The van der Waals surface area contributed by atoms with Gasteiger partial charge in [-0.25, -0.2) is 8.42 Å². The molecule has 0 aliphatic heterocycles. The first-order chi connectivity index (χ1) is 13.8. The molecule has 0 fully saturated rings. The highest BCUT2D eigenvalue weighted by Gasteiger charge is 2.32. The van der Waals surface area contributed by atoms with Gasteiger partial charge < -0.3 is 5.32 Å². The van der Waals surface area contributed by atoms with Crippen LogP contribution in [0.3, 0.4) is 0 Å². The summed E-state index contributed by atoms with van der Waals surface area (Å²) in [6, 6.07) is 8.35. The lowest BCUT2D eigenvalue weighted by atomic mass is 10.0. The molecule has 1 amide bonds. The van der Waals surface area contributed by atoms with Gasteiger partial charge in [0.2, 0.25) is 15.9 Å². The molecule has 0 aromatic heterocycles. The number of nitrogens with zero attached hydrogens (tertiary/aromatic N) is 2. The number of nitro groups is 1. The van der Waals surface area contributed by atoms with Gasteiger partial charge in [0.25, 0.3) is 5.69 Å². The molecule has 0 saturated carbocycles. The Morgan fingerprint density at radius 3 is 2.17 bits per heavy atom. The molecule has 162 valence electrons. The van der Waals surface area contributed by atoms with Crippen LogP contribution in [0.25, 0.3) is 0 Å². The molecule has 2 aromatic carbocycles. The molecule has 2 aromatic rings. The number of aryl methyl sites for hydroxylation is 3. The first-order valence-electron chi connectivity index (χ1n) is 9.45. The van der Waals surface area contributed by atoms with Gasteiger partial charge >= 0.3 is 0 Å². The number of nitro benzene ring substituents is 1. The largest absolute Gasteiger partial charge is 0.348 e. The second-order valence-corrected chi connectivity index (χ2v) is 9.40. The van der Waals surface area contributed by atoms with Gasteiger partial charge in [-0.1, -0.05) is 24.3 Å². The van der Waals surface area contributed by atoms with Crippen LogP contribution in [0.1, 0.15) is 42.1 Å². The van der Waals surface area contributed by atoms with Gasteiger partial charge in [-0.15, -0.1) is 0 Å². The van der Waals surface area contributed by atoms with Gasteiger partial charge in [0, 0.05) is 12.1 Å². The number of hydrogen-bond donors (Lipinski definition) is 1. The Morgan fingerprint density at radius 2 is 1.63 bits per heavy atom. The fraction of sp³-hybridized carbons (Fsp3) is 0.381. The third-order valence-corrected chi connectivity index (χ3v) is 6.35. The smallest absolute Gasteiger partial charge is 0.271 e. The average molecular weight is 434 g/mol. The zero-order valence-corrected chi connectivity index (χ0v) is 18.8. The minimum atomic E-state index is -3.89. The van der Waals surface area contributed by atoms with Crippen molar-refractivity contribution in [1.82, 2.24) is 5.32 Å². The molecule has 0 aliphatic carbocycles.